The maximum atomic E-state index is 13.6. The van der Waals surface area contributed by atoms with Gasteiger partial charge < -0.3 is 38.5 Å². The Balaban J connectivity index is 1.59. The first-order valence-corrected chi connectivity index (χ1v) is 13.2. The van der Waals surface area contributed by atoms with Crippen molar-refractivity contribution in [2.24, 2.45) is 0 Å². The van der Waals surface area contributed by atoms with Crippen molar-refractivity contribution in [2.45, 2.75) is 25.7 Å². The summed E-state index contributed by atoms with van der Waals surface area (Å²) in [7, 11) is 5.32. The van der Waals surface area contributed by atoms with Crippen molar-refractivity contribution in [3.63, 3.8) is 0 Å². The summed E-state index contributed by atoms with van der Waals surface area (Å²) in [5, 5.41) is 26.0. The molecular formula is C27H31N5O3P2. The number of aromatic hydroxyl groups is 2. The number of nitrogens with one attached hydrogen (secondary N) is 1. The molecule has 37 heavy (non-hydrogen) atoms. The van der Waals surface area contributed by atoms with Crippen LogP contribution in [0.4, 0.5) is 22.7 Å². The molecule has 2 aliphatic carbocycles. The average molecular weight is 536 g/mol. The Morgan fingerprint density at radius 3 is 1.43 bits per heavy atom. The van der Waals surface area contributed by atoms with E-state index in [0.29, 0.717) is 35.4 Å². The second kappa shape index (κ2) is 9.53. The lowest BCUT2D eigenvalue weighted by Crippen LogP contribution is -2.33. The number of hydrogen-bond acceptors (Lipinski definition) is 8. The van der Waals surface area contributed by atoms with Gasteiger partial charge in [0, 0.05) is 46.5 Å². The fourth-order valence-electron chi connectivity index (χ4n) is 4.95. The Labute approximate surface area is 220 Å². The van der Waals surface area contributed by atoms with Gasteiger partial charge >= 0.3 is 0 Å². The topological polar surface area (TPSA) is 174 Å². The molecule has 5 rings (SSSR count). The van der Waals surface area contributed by atoms with Gasteiger partial charge in [-0.15, -0.1) is 18.5 Å². The number of hydrogen-bond donors (Lipinski definition) is 7. The van der Waals surface area contributed by atoms with E-state index in [1.54, 1.807) is 12.2 Å². The van der Waals surface area contributed by atoms with Gasteiger partial charge in [-0.2, -0.15) is 0 Å². The zero-order chi connectivity index (χ0) is 26.6. The first kappa shape index (κ1) is 25.3. The van der Waals surface area contributed by atoms with Gasteiger partial charge in [-0.05, 0) is 59.6 Å². The quantitative estimate of drug-likeness (QED) is 0.135. The number of nitrogens with two attached hydrogens (primary N) is 4. The normalized spacial score (nSPS) is 19.5. The molecule has 0 spiro atoms. The van der Waals surface area contributed by atoms with E-state index in [0.717, 1.165) is 58.6 Å². The van der Waals surface area contributed by atoms with Crippen LogP contribution in [0, 0.1) is 0 Å². The van der Waals surface area contributed by atoms with E-state index in [4.69, 9.17) is 22.9 Å². The monoisotopic (exact) mass is 535 g/mol. The van der Waals surface area contributed by atoms with Gasteiger partial charge in [0.05, 0.1) is 22.7 Å². The van der Waals surface area contributed by atoms with Crippen LogP contribution in [0.15, 0.2) is 23.3 Å². The number of anilines is 4. The fraction of sp³-hybridized carbons (Fsp3) is 0.222. The number of Topliss-reactive ketones (excluding diaryl/α,β-unsaturated/α-hetero) is 1. The number of carbonyl (C=O) groups is 1. The van der Waals surface area contributed by atoms with Crippen LogP contribution in [-0.2, 0) is 4.79 Å². The molecule has 1 aliphatic heterocycles. The van der Waals surface area contributed by atoms with E-state index in [1.807, 2.05) is 0 Å². The predicted octanol–water partition coefficient (Wildman–Crippen LogP) is 2.42. The lowest BCUT2D eigenvalue weighted by atomic mass is 9.87. The second-order valence-electron chi connectivity index (χ2n) is 9.56. The van der Waals surface area contributed by atoms with Crippen LogP contribution >= 0.6 is 18.5 Å². The van der Waals surface area contributed by atoms with E-state index >= 15 is 0 Å². The molecule has 11 N–H and O–H groups in total. The molecule has 2 unspecified atom stereocenters. The largest absolute Gasteiger partial charge is 0.504 e. The minimum Gasteiger partial charge on any atom is -0.504 e. The molecule has 0 saturated carbocycles. The smallest absolute Gasteiger partial charge is 0.187 e. The number of phenolic OH excluding ortho intramolecular Hbond substituents is 2. The molecule has 2 aromatic carbocycles. The first-order chi connectivity index (χ1) is 17.6. The molecule has 0 aromatic heterocycles. The third-order valence-electron chi connectivity index (χ3n) is 7.36. The Morgan fingerprint density at radius 2 is 1.11 bits per heavy atom. The lowest BCUT2D eigenvalue weighted by molar-refractivity contribution is -0.112. The van der Waals surface area contributed by atoms with Crippen molar-refractivity contribution in [2.75, 3.05) is 36.0 Å². The lowest BCUT2D eigenvalue weighted by Gasteiger charge is -2.24. The van der Waals surface area contributed by atoms with Gasteiger partial charge in [0.15, 0.2) is 17.3 Å². The molecule has 1 heterocycles. The van der Waals surface area contributed by atoms with E-state index in [-0.39, 0.29) is 40.0 Å². The molecule has 8 nitrogen and oxygen atoms in total. The van der Waals surface area contributed by atoms with Crippen LogP contribution in [0.5, 0.6) is 11.5 Å². The standard InChI is InChI=1S/C27H31N5O3P2/c28-19-15(26(36)17(11-3-1-4-11)21(30)24(19)34)7-13-9-32-10-14(23(13)33)8-16-20(29)25(35)22(31)18(27(16)37)12-5-2-6-12/h3,5,7-8,32,34-35H,1-2,4,6,9-10,28-31,36-37H2/b13-7+,14-8+. The summed E-state index contributed by atoms with van der Waals surface area (Å²) >= 11 is 0. The van der Waals surface area contributed by atoms with Gasteiger partial charge in [0.1, 0.15) is 0 Å². The molecule has 1 fully saturated rings. The van der Waals surface area contributed by atoms with Crippen LogP contribution in [-0.4, -0.2) is 29.1 Å². The summed E-state index contributed by atoms with van der Waals surface area (Å²) in [6, 6.07) is 0. The van der Waals surface area contributed by atoms with E-state index < -0.39 is 0 Å². The Bertz CT molecular complexity index is 1400. The maximum Gasteiger partial charge on any atom is 0.187 e. The number of benzene rings is 2. The summed E-state index contributed by atoms with van der Waals surface area (Å²) < 4.78 is 0. The predicted molar refractivity (Wildman–Crippen MR) is 161 cm³/mol. The number of ketones is 1. The highest BCUT2D eigenvalue weighted by atomic mass is 31.0. The van der Waals surface area contributed by atoms with Crippen LogP contribution in [0.1, 0.15) is 47.9 Å². The van der Waals surface area contributed by atoms with E-state index in [9.17, 15) is 15.0 Å². The van der Waals surface area contributed by atoms with Crippen molar-refractivity contribution in [1.82, 2.24) is 5.32 Å². The van der Waals surface area contributed by atoms with Crippen LogP contribution in [0.3, 0.4) is 0 Å². The van der Waals surface area contributed by atoms with Gasteiger partial charge in [-0.1, -0.05) is 12.2 Å². The molecular weight excluding hydrogens is 504 g/mol. The minimum atomic E-state index is -0.177. The number of phenols is 2. The van der Waals surface area contributed by atoms with E-state index in [2.05, 4.69) is 35.9 Å². The molecule has 0 amide bonds. The maximum absolute atomic E-state index is 13.6. The highest BCUT2D eigenvalue weighted by molar-refractivity contribution is 7.28. The molecule has 2 atom stereocenters. The van der Waals surface area contributed by atoms with Crippen molar-refractivity contribution >= 4 is 80.9 Å². The molecule has 0 radical (unpaired) electrons. The summed E-state index contributed by atoms with van der Waals surface area (Å²) in [4.78, 5) is 13.6. The SMILES string of the molecule is Nc1c(O)c(N)c(C2=CCC2)c(P)c1/C=C1\CNC/C(=C\c2c(N)c(O)c(N)c(C3=CCC3)c2P)C1=O. The first-order valence-electron chi connectivity index (χ1n) is 12.1. The van der Waals surface area contributed by atoms with Crippen LogP contribution in [0.25, 0.3) is 23.3 Å². The fourth-order valence-corrected chi connectivity index (χ4v) is 6.11. The van der Waals surface area contributed by atoms with Crippen LogP contribution < -0.4 is 38.9 Å². The van der Waals surface area contributed by atoms with Crippen molar-refractivity contribution < 1.29 is 15.0 Å². The Kier molecular flexibility index (Phi) is 6.53. The summed E-state index contributed by atoms with van der Waals surface area (Å²) in [5.74, 6) is -0.528. The number of carbonyl (C=O) groups excluding carboxylic acids is 1. The number of allylic oxidation sites excluding steroid dienone is 4. The van der Waals surface area contributed by atoms with Crippen molar-refractivity contribution in [3.8, 4) is 11.5 Å². The number of piperidine rings is 1. The van der Waals surface area contributed by atoms with Crippen LogP contribution in [0.2, 0.25) is 0 Å². The third kappa shape index (κ3) is 4.10. The summed E-state index contributed by atoms with van der Waals surface area (Å²) in [5.41, 5.74) is 31.3. The molecule has 192 valence electrons. The summed E-state index contributed by atoms with van der Waals surface area (Å²) in [6.07, 6.45) is 11.2. The number of rotatable bonds is 4. The zero-order valence-electron chi connectivity index (χ0n) is 20.3. The molecule has 1 saturated heterocycles. The summed E-state index contributed by atoms with van der Waals surface area (Å²) in [6.45, 7) is 0.661. The van der Waals surface area contributed by atoms with Gasteiger partial charge in [-0.3, -0.25) is 4.79 Å². The van der Waals surface area contributed by atoms with Gasteiger partial charge in [0.25, 0.3) is 0 Å². The average Bonchev–Trinajstić information content (AvgIpc) is 2.81. The Hall–Kier alpha value is -3.31. The highest BCUT2D eigenvalue weighted by Crippen LogP contribution is 2.43. The molecule has 10 heteroatoms. The second-order valence-corrected chi connectivity index (χ2v) is 10.7. The van der Waals surface area contributed by atoms with Gasteiger partial charge in [0.2, 0.25) is 0 Å². The third-order valence-corrected chi connectivity index (χ3v) is 8.56. The molecule has 0 bridgehead atoms. The number of nitrogen functional groups attached to an aromatic ring is 4. The molecule has 2 aromatic rings. The highest BCUT2D eigenvalue weighted by Gasteiger charge is 2.27. The minimum absolute atomic E-state index is 0.126. The van der Waals surface area contributed by atoms with Crippen molar-refractivity contribution in [3.05, 3.63) is 45.6 Å². The zero-order valence-corrected chi connectivity index (χ0v) is 22.6. The molecule has 3 aliphatic rings. The van der Waals surface area contributed by atoms with Crippen molar-refractivity contribution in [1.29, 1.82) is 0 Å². The Morgan fingerprint density at radius 1 is 0.730 bits per heavy atom. The van der Waals surface area contributed by atoms with E-state index in [1.165, 1.54) is 0 Å². The van der Waals surface area contributed by atoms with Gasteiger partial charge in [-0.25, -0.2) is 0 Å².